The topological polar surface area (TPSA) is 218 Å². The highest BCUT2D eigenvalue weighted by Gasteiger charge is 2.62. The van der Waals surface area contributed by atoms with E-state index in [0.717, 1.165) is 43.8 Å². The van der Waals surface area contributed by atoms with Crippen LogP contribution in [0.25, 0.3) is 11.4 Å². The number of nitrogens with zero attached hydrogens (tertiary/aromatic N) is 3. The third-order valence-electron chi connectivity index (χ3n) is 10.8. The van der Waals surface area contributed by atoms with Gasteiger partial charge in [-0.3, -0.25) is 23.9 Å². The number of cyclic esters (lactones) is 1. The number of hydrogen-bond acceptors (Lipinski definition) is 12. The molecule has 2 saturated carbocycles. The molecular formula is C37H48N8O8S2. The van der Waals surface area contributed by atoms with Crippen molar-refractivity contribution in [2.45, 2.75) is 112 Å². The van der Waals surface area contributed by atoms with Crippen molar-refractivity contribution in [1.82, 2.24) is 35.5 Å². The van der Waals surface area contributed by atoms with E-state index in [1.807, 2.05) is 17.5 Å². The zero-order chi connectivity index (χ0) is 38.6. The molecule has 2 aliphatic carbocycles. The van der Waals surface area contributed by atoms with Gasteiger partial charge >= 0.3 is 6.09 Å². The van der Waals surface area contributed by atoms with E-state index in [9.17, 15) is 32.4 Å². The molecule has 5 amide bonds. The van der Waals surface area contributed by atoms with Crippen LogP contribution in [0.1, 0.15) is 94.0 Å². The van der Waals surface area contributed by atoms with Crippen LogP contribution in [0.2, 0.25) is 0 Å². The first-order valence-corrected chi connectivity index (χ1v) is 21.7. The van der Waals surface area contributed by atoms with E-state index in [1.54, 1.807) is 18.2 Å². The lowest BCUT2D eigenvalue weighted by Crippen LogP contribution is -2.58. The Hall–Kier alpha value is -4.58. The molecule has 5 N–H and O–H groups in total. The quantitative estimate of drug-likeness (QED) is 0.285. The van der Waals surface area contributed by atoms with Gasteiger partial charge in [-0.15, -0.1) is 11.3 Å². The second-order valence-electron chi connectivity index (χ2n) is 15.0. The summed E-state index contributed by atoms with van der Waals surface area (Å²) >= 11 is 1.44. The summed E-state index contributed by atoms with van der Waals surface area (Å²) in [6.07, 6.45) is 10.6. The summed E-state index contributed by atoms with van der Waals surface area (Å²) in [5.41, 5.74) is -0.265. The second-order valence-corrected chi connectivity index (χ2v) is 17.9. The second kappa shape index (κ2) is 16.6. The average molecular weight is 797 g/mol. The van der Waals surface area contributed by atoms with Crippen molar-refractivity contribution in [1.29, 1.82) is 0 Å². The molecule has 0 aromatic carbocycles. The average Bonchev–Trinajstić information content (AvgIpc) is 4.04. The summed E-state index contributed by atoms with van der Waals surface area (Å²) in [7, 11) is -3.90. The molecule has 1 saturated heterocycles. The summed E-state index contributed by atoms with van der Waals surface area (Å²) < 4.78 is 33.3. The number of nitrogens with one attached hydrogen (secondary N) is 5. The van der Waals surface area contributed by atoms with Crippen LogP contribution in [0, 0.1) is 5.92 Å². The number of fused-ring (bicyclic) bond motifs is 8. The van der Waals surface area contributed by atoms with Crippen molar-refractivity contribution in [3.05, 3.63) is 41.4 Å². The maximum absolute atomic E-state index is 14.4. The number of carbonyl (C=O) groups excluding carboxylic acids is 5. The van der Waals surface area contributed by atoms with Crippen molar-refractivity contribution in [2.24, 2.45) is 5.92 Å². The number of allylic oxidation sites excluding steroid dienone is 1. The van der Waals surface area contributed by atoms with Crippen LogP contribution < -0.4 is 26.0 Å². The molecule has 0 spiro atoms. The first-order chi connectivity index (χ1) is 26.5. The predicted molar refractivity (Wildman–Crippen MR) is 203 cm³/mol. The molecule has 5 atom stereocenters. The Bertz CT molecular complexity index is 1930. The molecule has 18 heteroatoms. The van der Waals surface area contributed by atoms with Gasteiger partial charge in [0.05, 0.1) is 17.6 Å². The van der Waals surface area contributed by atoms with Crippen LogP contribution in [0.5, 0.6) is 0 Å². The number of anilines is 1. The molecule has 0 radical (unpaired) electrons. The highest BCUT2D eigenvalue weighted by atomic mass is 32.2. The third-order valence-corrected chi connectivity index (χ3v) is 13.5. The lowest BCUT2D eigenvalue weighted by Gasteiger charge is -2.30. The highest BCUT2D eigenvalue weighted by Crippen LogP contribution is 2.46. The summed E-state index contributed by atoms with van der Waals surface area (Å²) in [5, 5.41) is 13.8. The molecule has 296 valence electrons. The van der Waals surface area contributed by atoms with Crippen molar-refractivity contribution in [2.75, 3.05) is 25.0 Å². The summed E-state index contributed by atoms with van der Waals surface area (Å²) in [6.45, 7) is 0.839. The maximum atomic E-state index is 14.4. The molecule has 3 fully saturated rings. The van der Waals surface area contributed by atoms with Gasteiger partial charge in [0.25, 0.3) is 11.8 Å². The molecule has 5 aliphatic rings. The summed E-state index contributed by atoms with van der Waals surface area (Å²) in [4.78, 5) is 79.6. The Balaban J connectivity index is 1.17. The van der Waals surface area contributed by atoms with Crippen molar-refractivity contribution >= 4 is 56.2 Å². The molecule has 2 aromatic heterocycles. The zero-order valence-electron chi connectivity index (χ0n) is 30.6. The first-order valence-electron chi connectivity index (χ1n) is 19.3. The normalized spacial score (nSPS) is 29.1. The fourth-order valence-electron chi connectivity index (χ4n) is 7.47. The van der Waals surface area contributed by atoms with E-state index in [4.69, 9.17) is 4.74 Å². The van der Waals surface area contributed by atoms with Gasteiger partial charge in [0.1, 0.15) is 29.0 Å². The van der Waals surface area contributed by atoms with E-state index in [-0.39, 0.29) is 31.7 Å². The highest BCUT2D eigenvalue weighted by molar-refractivity contribution is 7.91. The smallest absolute Gasteiger partial charge is 0.407 e. The van der Waals surface area contributed by atoms with Gasteiger partial charge in [0, 0.05) is 30.4 Å². The fourth-order valence-corrected chi connectivity index (χ4v) is 9.56. The van der Waals surface area contributed by atoms with Crippen LogP contribution >= 0.6 is 11.3 Å². The fraction of sp³-hybridized carbons (Fsp3) is 0.595. The van der Waals surface area contributed by atoms with Gasteiger partial charge in [0.2, 0.25) is 21.8 Å². The van der Waals surface area contributed by atoms with E-state index >= 15 is 0 Å². The number of hydrogen-bond donors (Lipinski definition) is 5. The van der Waals surface area contributed by atoms with Crippen LogP contribution in [-0.4, -0.2) is 102 Å². The van der Waals surface area contributed by atoms with Gasteiger partial charge in [0.15, 0.2) is 5.13 Å². The van der Waals surface area contributed by atoms with Crippen LogP contribution in [0.15, 0.2) is 35.7 Å². The number of ether oxygens (including phenoxy) is 1. The van der Waals surface area contributed by atoms with Crippen LogP contribution in [0.4, 0.5) is 9.93 Å². The summed E-state index contributed by atoms with van der Waals surface area (Å²) in [5.74, 6) is -2.95. The number of aromatic nitrogens is 2. The number of thiazole rings is 1. The number of pyridine rings is 1. The number of amides is 5. The van der Waals surface area contributed by atoms with E-state index in [2.05, 4.69) is 36.0 Å². The standard InChI is InChI=1S/C37H48N8O8S2/c46-31-27-14-10-13-26(40-27)29-22-54-35(41-29)38-17-8-4-5-9-18-53-36(50)42-28-12-7-3-1-2-6-11-23-20-37(23,34(49)44-55(51,52)25-15-16-25)43-32(47)30-19-24(39-31)21-45(30)33(28)48/h6,10-11,13-14,22-25,28,30H,1-5,7-9,12,15-21H2,(H,38,41)(H,39,46)(H,42,50)(H,43,47)(H,44,49)/b11-6-/t23-,24-,28+,30+,37?/m1/s1. The predicted octanol–water partition coefficient (Wildman–Crippen LogP) is 2.99. The van der Waals surface area contributed by atoms with Gasteiger partial charge in [-0.05, 0) is 76.3 Å². The number of rotatable bonds is 3. The lowest BCUT2D eigenvalue weighted by atomic mass is 10.0. The minimum absolute atomic E-state index is 0.000135. The summed E-state index contributed by atoms with van der Waals surface area (Å²) in [6, 6.07) is 2.19. The molecule has 55 heavy (non-hydrogen) atoms. The van der Waals surface area contributed by atoms with E-state index in [0.29, 0.717) is 49.9 Å². The molecule has 1 unspecified atom stereocenters. The number of alkyl carbamates (subject to hydrolysis) is 1. The Morgan fingerprint density at radius 3 is 2.58 bits per heavy atom. The van der Waals surface area contributed by atoms with E-state index in [1.165, 1.54) is 16.2 Å². The Labute approximate surface area is 324 Å². The van der Waals surface area contributed by atoms with Crippen molar-refractivity contribution in [3.8, 4) is 11.4 Å². The third kappa shape index (κ3) is 9.28. The molecule has 3 aliphatic heterocycles. The number of sulfonamides is 1. The molecule has 16 nitrogen and oxygen atoms in total. The molecule has 7 bridgehead atoms. The van der Waals surface area contributed by atoms with Gasteiger partial charge < -0.3 is 30.9 Å². The lowest BCUT2D eigenvalue weighted by molar-refractivity contribution is -0.141. The number of carbonyl (C=O) groups is 5. The maximum Gasteiger partial charge on any atom is 0.407 e. The minimum Gasteiger partial charge on any atom is -0.450 e. The Kier molecular flexibility index (Phi) is 11.7. The van der Waals surface area contributed by atoms with Gasteiger partial charge in [-0.1, -0.05) is 37.5 Å². The minimum atomic E-state index is -3.90. The molecule has 5 heterocycles. The first kappa shape index (κ1) is 38.7. The van der Waals surface area contributed by atoms with Gasteiger partial charge in [-0.2, -0.15) is 0 Å². The van der Waals surface area contributed by atoms with E-state index < -0.39 is 74.6 Å². The molecule has 7 rings (SSSR count). The SMILES string of the molecule is O=C1N[C@H]2CCCCC/C=C\[C@@H]3CC3(C(=O)NS(=O)(=O)C3CC3)NC(=O)[C@@H]3C[C@H](CN3C2=O)NC(=O)c2cccc(n2)-c2csc(n2)NCCCCCCO1. The largest absolute Gasteiger partial charge is 0.450 e. The van der Waals surface area contributed by atoms with Gasteiger partial charge in [-0.25, -0.2) is 23.2 Å². The van der Waals surface area contributed by atoms with Crippen LogP contribution in [-0.2, 0) is 29.1 Å². The molecule has 2 aromatic rings. The van der Waals surface area contributed by atoms with Crippen molar-refractivity contribution in [3.63, 3.8) is 0 Å². The zero-order valence-corrected chi connectivity index (χ0v) is 32.2. The monoisotopic (exact) mass is 796 g/mol. The van der Waals surface area contributed by atoms with Crippen LogP contribution in [0.3, 0.4) is 0 Å². The van der Waals surface area contributed by atoms with Crippen molar-refractivity contribution < 1.29 is 37.1 Å². The Morgan fingerprint density at radius 1 is 0.945 bits per heavy atom. The Morgan fingerprint density at radius 2 is 1.75 bits per heavy atom. The molecular weight excluding hydrogens is 749 g/mol.